The first-order valence-electron chi connectivity index (χ1n) is 8.47. The Bertz CT molecular complexity index is 825. The molecule has 0 bridgehead atoms. The van der Waals surface area contributed by atoms with Gasteiger partial charge in [-0.15, -0.1) is 0 Å². The smallest absolute Gasteiger partial charge is 0.169 e. The van der Waals surface area contributed by atoms with Crippen LogP contribution >= 0.6 is 35.4 Å². The number of likely N-dealkylation sites (tertiary alicyclic amines) is 1. The first-order chi connectivity index (χ1) is 12.5. The van der Waals surface area contributed by atoms with Crippen molar-refractivity contribution in [1.82, 2.24) is 10.2 Å². The molecule has 1 saturated heterocycles. The Morgan fingerprint density at radius 1 is 1.15 bits per heavy atom. The lowest BCUT2D eigenvalue weighted by Gasteiger charge is -2.38. The summed E-state index contributed by atoms with van der Waals surface area (Å²) < 4.78 is 0. The van der Waals surface area contributed by atoms with Crippen LogP contribution in [0.15, 0.2) is 48.5 Å². The number of nitriles is 1. The fourth-order valence-electron chi connectivity index (χ4n) is 3.26. The van der Waals surface area contributed by atoms with Crippen molar-refractivity contribution in [3.8, 4) is 6.07 Å². The first kappa shape index (κ1) is 19.0. The summed E-state index contributed by atoms with van der Waals surface area (Å²) in [6.45, 7) is 2.05. The van der Waals surface area contributed by atoms with Gasteiger partial charge in [-0.1, -0.05) is 59.6 Å². The van der Waals surface area contributed by atoms with Crippen molar-refractivity contribution in [1.29, 1.82) is 5.26 Å². The molecule has 0 aliphatic carbocycles. The lowest BCUT2D eigenvalue weighted by molar-refractivity contribution is 0.267. The molecule has 0 spiro atoms. The van der Waals surface area contributed by atoms with E-state index in [2.05, 4.69) is 16.3 Å². The monoisotopic (exact) mass is 403 g/mol. The van der Waals surface area contributed by atoms with Crippen LogP contribution in [-0.2, 0) is 12.0 Å². The molecule has 1 aliphatic heterocycles. The highest BCUT2D eigenvalue weighted by Gasteiger charge is 2.36. The average Bonchev–Trinajstić information content (AvgIpc) is 2.68. The molecule has 3 nitrogen and oxygen atoms in total. The predicted molar refractivity (Wildman–Crippen MR) is 110 cm³/mol. The lowest BCUT2D eigenvalue weighted by atomic mass is 9.74. The zero-order chi connectivity index (χ0) is 18.6. The quantitative estimate of drug-likeness (QED) is 0.737. The predicted octanol–water partition coefficient (Wildman–Crippen LogP) is 4.93. The number of halogens is 2. The Morgan fingerprint density at radius 3 is 2.46 bits per heavy atom. The molecule has 1 heterocycles. The number of hydrogen-bond donors (Lipinski definition) is 1. The third kappa shape index (κ3) is 4.12. The van der Waals surface area contributed by atoms with Crippen molar-refractivity contribution in [3.63, 3.8) is 0 Å². The molecule has 2 aromatic carbocycles. The van der Waals surface area contributed by atoms with Gasteiger partial charge in [0.15, 0.2) is 5.11 Å². The summed E-state index contributed by atoms with van der Waals surface area (Å²) in [6, 6.07) is 18.0. The van der Waals surface area contributed by atoms with E-state index >= 15 is 0 Å². The molecule has 3 rings (SSSR count). The lowest BCUT2D eigenvalue weighted by Crippen LogP contribution is -2.48. The second kappa shape index (κ2) is 8.26. The molecule has 0 saturated carbocycles. The summed E-state index contributed by atoms with van der Waals surface area (Å²) in [5, 5.41) is 15.0. The molecule has 1 fully saturated rings. The van der Waals surface area contributed by atoms with Crippen molar-refractivity contribution in [2.24, 2.45) is 0 Å². The summed E-state index contributed by atoms with van der Waals surface area (Å²) in [6.07, 6.45) is 1.52. The summed E-state index contributed by atoms with van der Waals surface area (Å²) >= 11 is 17.7. The summed E-state index contributed by atoms with van der Waals surface area (Å²) in [7, 11) is 0. The Morgan fingerprint density at radius 2 is 1.85 bits per heavy atom. The van der Waals surface area contributed by atoms with Gasteiger partial charge in [0.2, 0.25) is 0 Å². The highest BCUT2D eigenvalue weighted by molar-refractivity contribution is 7.80. The molecule has 0 aromatic heterocycles. The number of rotatable bonds is 3. The normalized spacial score (nSPS) is 16.0. The Hall–Kier alpha value is -1.80. The number of nitrogens with one attached hydrogen (secondary N) is 1. The molecular weight excluding hydrogens is 385 g/mol. The molecule has 0 radical (unpaired) electrons. The van der Waals surface area contributed by atoms with Gasteiger partial charge in [0.1, 0.15) is 0 Å². The van der Waals surface area contributed by atoms with Crippen molar-refractivity contribution in [3.05, 3.63) is 69.7 Å². The maximum absolute atomic E-state index is 9.78. The van der Waals surface area contributed by atoms with E-state index in [0.717, 1.165) is 37.1 Å². The van der Waals surface area contributed by atoms with Gasteiger partial charge in [-0.3, -0.25) is 0 Å². The zero-order valence-corrected chi connectivity index (χ0v) is 16.5. The van der Waals surface area contributed by atoms with Crippen molar-refractivity contribution >= 4 is 40.5 Å². The van der Waals surface area contributed by atoms with Crippen LogP contribution < -0.4 is 5.32 Å². The van der Waals surface area contributed by atoms with E-state index in [9.17, 15) is 5.26 Å². The van der Waals surface area contributed by atoms with Crippen LogP contribution in [0.1, 0.15) is 24.0 Å². The minimum Gasteiger partial charge on any atom is -0.358 e. The maximum Gasteiger partial charge on any atom is 0.169 e. The van der Waals surface area contributed by atoms with Gasteiger partial charge in [0.25, 0.3) is 0 Å². The van der Waals surface area contributed by atoms with Crippen LogP contribution in [-0.4, -0.2) is 23.1 Å². The van der Waals surface area contributed by atoms with Crippen LogP contribution in [0.2, 0.25) is 10.0 Å². The van der Waals surface area contributed by atoms with E-state index in [1.165, 1.54) is 0 Å². The van der Waals surface area contributed by atoms with E-state index < -0.39 is 5.41 Å². The van der Waals surface area contributed by atoms with Crippen LogP contribution in [0.4, 0.5) is 0 Å². The van der Waals surface area contributed by atoms with E-state index in [-0.39, 0.29) is 0 Å². The molecule has 0 amide bonds. The van der Waals surface area contributed by atoms with Gasteiger partial charge < -0.3 is 10.2 Å². The topological polar surface area (TPSA) is 39.1 Å². The third-order valence-corrected chi connectivity index (χ3v) is 5.88. The third-order valence-electron chi connectivity index (χ3n) is 4.89. The molecular formula is C20H19Cl2N3S. The van der Waals surface area contributed by atoms with Gasteiger partial charge in [0.05, 0.1) is 11.5 Å². The number of piperidine rings is 1. The minimum absolute atomic E-state index is 0.424. The Labute approximate surface area is 169 Å². The summed E-state index contributed by atoms with van der Waals surface area (Å²) in [5.41, 5.74) is 1.62. The molecule has 0 unspecified atom stereocenters. The molecule has 0 atom stereocenters. The number of hydrogen-bond acceptors (Lipinski definition) is 2. The maximum atomic E-state index is 9.78. The minimum atomic E-state index is -0.424. The number of nitrogens with zero attached hydrogens (tertiary/aromatic N) is 2. The first-order valence-corrected chi connectivity index (χ1v) is 9.64. The largest absolute Gasteiger partial charge is 0.358 e. The highest BCUT2D eigenvalue weighted by atomic mass is 35.5. The van der Waals surface area contributed by atoms with Gasteiger partial charge in [-0.05, 0) is 48.3 Å². The Kier molecular flexibility index (Phi) is 6.03. The molecule has 6 heteroatoms. The van der Waals surface area contributed by atoms with Crippen LogP contribution in [0.3, 0.4) is 0 Å². The van der Waals surface area contributed by atoms with Crippen molar-refractivity contribution in [2.75, 3.05) is 13.1 Å². The number of thiocarbonyl (C=S) groups is 1. The fourth-order valence-corrected chi connectivity index (χ4v) is 3.99. The SMILES string of the molecule is N#CC1(c2ccccc2)CCN(C(=S)NCc2ccc(Cl)cc2Cl)CC1. The average molecular weight is 404 g/mol. The zero-order valence-electron chi connectivity index (χ0n) is 14.2. The van der Waals surface area contributed by atoms with Gasteiger partial charge in [-0.2, -0.15) is 5.26 Å². The van der Waals surface area contributed by atoms with Crippen molar-refractivity contribution < 1.29 is 0 Å². The highest BCUT2D eigenvalue weighted by Crippen LogP contribution is 2.34. The molecule has 1 aliphatic rings. The Balaban J connectivity index is 1.59. The van der Waals surface area contributed by atoms with Gasteiger partial charge in [0, 0.05) is 29.7 Å². The standard InChI is InChI=1S/C20H19Cl2N3S/c21-17-7-6-15(18(22)12-17)13-24-19(26)25-10-8-20(14-23,9-11-25)16-4-2-1-3-5-16/h1-7,12H,8-11,13H2,(H,24,26). The van der Waals surface area contributed by atoms with Crippen LogP contribution in [0, 0.1) is 11.3 Å². The summed E-state index contributed by atoms with van der Waals surface area (Å²) in [4.78, 5) is 2.12. The van der Waals surface area contributed by atoms with Crippen LogP contribution in [0.5, 0.6) is 0 Å². The molecule has 134 valence electrons. The van der Waals surface area contributed by atoms with Gasteiger partial charge >= 0.3 is 0 Å². The van der Waals surface area contributed by atoms with E-state index in [4.69, 9.17) is 35.4 Å². The number of benzene rings is 2. The van der Waals surface area contributed by atoms with Crippen molar-refractivity contribution in [2.45, 2.75) is 24.8 Å². The van der Waals surface area contributed by atoms with E-state index in [1.54, 1.807) is 6.07 Å². The summed E-state index contributed by atoms with van der Waals surface area (Å²) in [5.74, 6) is 0. The molecule has 2 aromatic rings. The van der Waals surface area contributed by atoms with Crippen LogP contribution in [0.25, 0.3) is 0 Å². The fraction of sp³-hybridized carbons (Fsp3) is 0.300. The van der Waals surface area contributed by atoms with E-state index in [0.29, 0.717) is 21.7 Å². The molecule has 26 heavy (non-hydrogen) atoms. The molecule has 1 N–H and O–H groups in total. The van der Waals surface area contributed by atoms with E-state index in [1.807, 2.05) is 42.5 Å². The van der Waals surface area contributed by atoms with Gasteiger partial charge in [-0.25, -0.2) is 0 Å². The second-order valence-corrected chi connectivity index (χ2v) is 7.67. The second-order valence-electron chi connectivity index (χ2n) is 6.44.